The average Bonchev–Trinajstić information content (AvgIpc) is 3.66. The van der Waals surface area contributed by atoms with E-state index >= 15 is 0 Å². The number of likely N-dealkylation sites (tertiary alicyclic amines) is 1. The van der Waals surface area contributed by atoms with Crippen LogP contribution in [0.1, 0.15) is 73.5 Å². The van der Waals surface area contributed by atoms with E-state index in [9.17, 15) is 14.7 Å². The van der Waals surface area contributed by atoms with E-state index in [-0.39, 0.29) is 47.5 Å². The minimum absolute atomic E-state index is 0.0206. The summed E-state index contributed by atoms with van der Waals surface area (Å²) in [5, 5.41) is 14.3. The Morgan fingerprint density at radius 3 is 2.65 bits per heavy atom. The average molecular weight is 691 g/mol. The Kier molecular flexibility index (Phi) is 7.71. The van der Waals surface area contributed by atoms with Crippen molar-refractivity contribution < 1.29 is 24.2 Å². The van der Waals surface area contributed by atoms with Gasteiger partial charge in [0.2, 0.25) is 0 Å². The Labute approximate surface area is 299 Å². The quantitative estimate of drug-likeness (QED) is 0.173. The summed E-state index contributed by atoms with van der Waals surface area (Å²) in [6.45, 7) is 7.03. The summed E-state index contributed by atoms with van der Waals surface area (Å²) in [6.07, 6.45) is 7.31. The lowest BCUT2D eigenvalue weighted by Crippen LogP contribution is -2.67. The summed E-state index contributed by atoms with van der Waals surface area (Å²) < 4.78 is 11.2. The third-order valence-corrected chi connectivity index (χ3v) is 13.9. The first-order valence-corrected chi connectivity index (χ1v) is 18.9. The molecular weight excluding hydrogens is 640 g/mol. The fraction of sp³-hybridized carbons (Fsp3) is 0.524. The number of carbonyl (C=O) groups excluding carboxylic acids is 2. The van der Waals surface area contributed by atoms with Crippen LogP contribution in [0.15, 0.2) is 48.0 Å². The molecule has 6 bridgehead atoms. The van der Waals surface area contributed by atoms with E-state index in [1.807, 2.05) is 6.07 Å². The number of esters is 2. The highest BCUT2D eigenvalue weighted by atomic mass is 16.5. The molecule has 10 rings (SSSR count). The van der Waals surface area contributed by atoms with Crippen molar-refractivity contribution in [3.63, 3.8) is 0 Å². The van der Waals surface area contributed by atoms with Crippen LogP contribution in [0, 0.1) is 23.7 Å². The third-order valence-electron chi connectivity index (χ3n) is 13.9. The molecule has 2 aromatic heterocycles. The fourth-order valence-electron chi connectivity index (χ4n) is 11.9. The first-order valence-electron chi connectivity index (χ1n) is 18.9. The number of carbonyl (C=O) groups is 2. The van der Waals surface area contributed by atoms with E-state index in [1.165, 1.54) is 30.9 Å². The van der Waals surface area contributed by atoms with E-state index < -0.39 is 5.41 Å². The number of fused-ring (bicyclic) bond motifs is 9. The number of aromatic hydroxyl groups is 1. The number of piperidine rings is 3. The molecule has 2 aromatic carbocycles. The fourth-order valence-corrected chi connectivity index (χ4v) is 11.9. The Bertz CT molecular complexity index is 2090. The van der Waals surface area contributed by atoms with Crippen molar-refractivity contribution in [3.8, 4) is 5.75 Å². The van der Waals surface area contributed by atoms with Gasteiger partial charge in [0.05, 0.1) is 20.1 Å². The van der Waals surface area contributed by atoms with Gasteiger partial charge in [-0.1, -0.05) is 43.2 Å². The molecule has 0 amide bonds. The molecule has 9 heteroatoms. The summed E-state index contributed by atoms with van der Waals surface area (Å²) in [5.41, 5.74) is 7.69. The summed E-state index contributed by atoms with van der Waals surface area (Å²) in [4.78, 5) is 40.3. The SMILES string of the molecule is CC=C1CN(C)[C@H]2Cc3c([nH]c4ccccc34)[C@H](c3cc4c5c([nH]c4cc3O)[C@]3(C(=O)OC)C[C@@H]4C[C@@H](CC)[C@H]3N(CC5)C4)C[C@@H]1[C@@H]2C(=O)OC. The molecule has 4 aliphatic heterocycles. The monoisotopic (exact) mass is 690 g/mol. The Morgan fingerprint density at radius 2 is 1.88 bits per heavy atom. The molecular formula is C42H50N4O5. The zero-order chi connectivity index (χ0) is 35.3. The van der Waals surface area contributed by atoms with Crippen molar-refractivity contribution in [1.29, 1.82) is 0 Å². The van der Waals surface area contributed by atoms with E-state index in [0.29, 0.717) is 24.7 Å². The van der Waals surface area contributed by atoms with Gasteiger partial charge < -0.3 is 24.5 Å². The number of rotatable bonds is 4. The number of phenolic OH excluding ortho intramolecular Hbond substituents is 1. The number of aromatic nitrogens is 2. The van der Waals surface area contributed by atoms with Gasteiger partial charge in [0.25, 0.3) is 0 Å². The number of hydrogen-bond donors (Lipinski definition) is 3. The van der Waals surface area contributed by atoms with E-state index in [0.717, 1.165) is 84.1 Å². The second-order valence-electron chi connectivity index (χ2n) is 16.1. The molecule has 0 spiro atoms. The largest absolute Gasteiger partial charge is 0.508 e. The molecule has 9 nitrogen and oxygen atoms in total. The number of nitrogens with zero attached hydrogens (tertiary/aromatic N) is 2. The predicted molar refractivity (Wildman–Crippen MR) is 197 cm³/mol. The second kappa shape index (κ2) is 12.0. The number of benzene rings is 2. The van der Waals surface area contributed by atoms with E-state index in [2.05, 4.69) is 77.1 Å². The summed E-state index contributed by atoms with van der Waals surface area (Å²) in [6, 6.07) is 12.6. The summed E-state index contributed by atoms with van der Waals surface area (Å²) in [7, 11) is 5.15. The van der Waals surface area contributed by atoms with Crippen LogP contribution in [0.5, 0.6) is 5.75 Å². The van der Waals surface area contributed by atoms with Crippen molar-refractivity contribution in [2.24, 2.45) is 23.7 Å². The number of phenols is 1. The van der Waals surface area contributed by atoms with Crippen LogP contribution in [0.2, 0.25) is 0 Å². The second-order valence-corrected chi connectivity index (χ2v) is 16.1. The molecule has 2 aliphatic carbocycles. The molecule has 3 N–H and O–H groups in total. The van der Waals surface area contributed by atoms with E-state index in [4.69, 9.17) is 9.47 Å². The molecule has 3 saturated heterocycles. The highest BCUT2D eigenvalue weighted by Crippen LogP contribution is 2.56. The predicted octanol–water partition coefficient (Wildman–Crippen LogP) is 6.19. The molecule has 9 atom stereocenters. The number of allylic oxidation sites excluding steroid dienone is 1. The number of methoxy groups -OCH3 is 2. The number of aromatic amines is 2. The molecule has 4 fully saturated rings. The maximum absolute atomic E-state index is 14.1. The van der Waals surface area contributed by atoms with Crippen molar-refractivity contribution in [2.75, 3.05) is 40.9 Å². The molecule has 6 aliphatic rings. The summed E-state index contributed by atoms with van der Waals surface area (Å²) >= 11 is 0. The lowest BCUT2D eigenvalue weighted by molar-refractivity contribution is -0.162. The van der Waals surface area contributed by atoms with Gasteiger partial charge in [0.15, 0.2) is 0 Å². The highest BCUT2D eigenvalue weighted by Gasteiger charge is 2.62. The zero-order valence-corrected chi connectivity index (χ0v) is 30.4. The lowest BCUT2D eigenvalue weighted by atomic mass is 9.56. The molecule has 268 valence electrons. The topological polar surface area (TPSA) is 111 Å². The highest BCUT2D eigenvalue weighted by molar-refractivity contribution is 5.93. The van der Waals surface area contributed by atoms with Gasteiger partial charge in [-0.15, -0.1) is 0 Å². The van der Waals surface area contributed by atoms with Crippen LogP contribution < -0.4 is 0 Å². The first-order chi connectivity index (χ1) is 24.7. The normalized spacial score (nSPS) is 33.7. The molecule has 51 heavy (non-hydrogen) atoms. The number of likely N-dealkylation sites (N-methyl/N-ethyl adjacent to an activating group) is 1. The van der Waals surface area contributed by atoms with Crippen molar-refractivity contribution in [1.82, 2.24) is 19.8 Å². The molecule has 6 heterocycles. The van der Waals surface area contributed by atoms with Gasteiger partial charge in [-0.05, 0) is 87.1 Å². The number of para-hydroxylation sites is 1. The minimum atomic E-state index is -0.764. The Balaban J connectivity index is 1.26. The van der Waals surface area contributed by atoms with Crippen LogP contribution in [0.25, 0.3) is 21.8 Å². The Hall–Kier alpha value is -4.08. The number of hydrogen-bond acceptors (Lipinski definition) is 7. The number of ether oxygens (including phenoxy) is 2. The molecule has 1 saturated carbocycles. The van der Waals surface area contributed by atoms with Gasteiger partial charge in [0.1, 0.15) is 11.2 Å². The molecule has 0 radical (unpaired) electrons. The van der Waals surface area contributed by atoms with Crippen LogP contribution in [-0.2, 0) is 37.3 Å². The van der Waals surface area contributed by atoms with Crippen LogP contribution >= 0.6 is 0 Å². The van der Waals surface area contributed by atoms with Crippen LogP contribution in [0.3, 0.4) is 0 Å². The smallest absolute Gasteiger partial charge is 0.319 e. The zero-order valence-electron chi connectivity index (χ0n) is 30.4. The molecule has 1 unspecified atom stereocenters. The standard InChI is InChI=1S/C42H50N4O5/c1-6-23-14-22-19-42(41(49)51-5)38-26(12-13-46(20-22)39(23)42)28-16-29(35(47)18-33(28)44-38)30-15-27-24(7-2)21-45(3)34(36(27)40(48)50-4)17-31-25-10-8-9-11-32(25)43-37(30)31/h7-11,16,18,22-23,27,30,34,36,39,43-44,47H,6,12-15,17,19-21H2,1-5H3/t22-,23+,27-,30-,34-,36-,39+,42+/m0/s1. The van der Waals surface area contributed by atoms with Gasteiger partial charge in [-0.25, -0.2) is 0 Å². The Morgan fingerprint density at radius 1 is 1.06 bits per heavy atom. The maximum Gasteiger partial charge on any atom is 0.319 e. The van der Waals surface area contributed by atoms with Crippen LogP contribution in [0.4, 0.5) is 0 Å². The lowest BCUT2D eigenvalue weighted by Gasteiger charge is -2.57. The number of nitrogens with one attached hydrogen (secondary N) is 2. The summed E-state index contributed by atoms with van der Waals surface area (Å²) in [5.74, 6) is 0.169. The van der Waals surface area contributed by atoms with Gasteiger partial charge in [0, 0.05) is 82.5 Å². The van der Waals surface area contributed by atoms with Crippen LogP contribution in [-0.4, -0.2) is 89.8 Å². The van der Waals surface area contributed by atoms with Gasteiger partial charge in [-0.3, -0.25) is 19.4 Å². The molecule has 4 aromatic rings. The van der Waals surface area contributed by atoms with Crippen molar-refractivity contribution in [2.45, 2.75) is 75.8 Å². The maximum atomic E-state index is 14.1. The van der Waals surface area contributed by atoms with Crippen molar-refractivity contribution in [3.05, 3.63) is 76.1 Å². The van der Waals surface area contributed by atoms with Gasteiger partial charge in [-0.2, -0.15) is 0 Å². The number of H-pyrrole nitrogens is 2. The van der Waals surface area contributed by atoms with E-state index in [1.54, 1.807) is 0 Å². The van der Waals surface area contributed by atoms with Crippen molar-refractivity contribution >= 4 is 33.7 Å². The third kappa shape index (κ3) is 4.59. The minimum Gasteiger partial charge on any atom is -0.508 e. The first kappa shape index (κ1) is 32.8. The van der Waals surface area contributed by atoms with Gasteiger partial charge >= 0.3 is 11.9 Å².